The lowest BCUT2D eigenvalue weighted by atomic mass is 10.0. The number of amides is 1. The zero-order valence-corrected chi connectivity index (χ0v) is 17.5. The van der Waals surface area contributed by atoms with Gasteiger partial charge in [0.25, 0.3) is 5.91 Å². The van der Waals surface area contributed by atoms with E-state index in [0.717, 1.165) is 29.2 Å². The molecule has 0 bridgehead atoms. The second kappa shape index (κ2) is 10.2. The van der Waals surface area contributed by atoms with Gasteiger partial charge in [-0.15, -0.1) is 0 Å². The van der Waals surface area contributed by atoms with Crippen molar-refractivity contribution < 1.29 is 4.79 Å². The maximum atomic E-state index is 12.7. The smallest absolute Gasteiger partial charge is 0.251 e. The number of nitrogens with one attached hydrogen (secondary N) is 1. The van der Waals surface area contributed by atoms with E-state index in [2.05, 4.69) is 34.1 Å². The summed E-state index contributed by atoms with van der Waals surface area (Å²) in [6.07, 6.45) is 3.18. The minimum Gasteiger partial charge on any atom is -0.350 e. The molecular formula is C22H26ClN5O. The Hall–Kier alpha value is -2.70. The summed E-state index contributed by atoms with van der Waals surface area (Å²) in [6, 6.07) is 15.4. The number of carbonyl (C=O) groups is 1. The number of hydrogen-bond donors (Lipinski definition) is 1. The number of hydrogen-bond acceptors (Lipinski definition) is 4. The molecule has 0 saturated carbocycles. The van der Waals surface area contributed by atoms with Gasteiger partial charge in [-0.2, -0.15) is 5.10 Å². The normalized spacial score (nSPS) is 12.1. The van der Waals surface area contributed by atoms with E-state index in [1.165, 1.54) is 6.33 Å². The van der Waals surface area contributed by atoms with Crippen molar-refractivity contribution >= 4 is 17.5 Å². The molecule has 7 heteroatoms. The van der Waals surface area contributed by atoms with Crippen LogP contribution in [-0.2, 0) is 6.54 Å². The largest absolute Gasteiger partial charge is 0.350 e. The van der Waals surface area contributed by atoms with Gasteiger partial charge in [-0.1, -0.05) is 55.8 Å². The van der Waals surface area contributed by atoms with Gasteiger partial charge in [0.1, 0.15) is 12.7 Å². The van der Waals surface area contributed by atoms with Gasteiger partial charge in [0.05, 0.1) is 12.6 Å². The van der Waals surface area contributed by atoms with Crippen LogP contribution < -0.4 is 5.32 Å². The van der Waals surface area contributed by atoms with Crippen molar-refractivity contribution in [3.63, 3.8) is 0 Å². The highest BCUT2D eigenvalue weighted by atomic mass is 35.5. The number of nitrogens with zero attached hydrogens (tertiary/aromatic N) is 4. The van der Waals surface area contributed by atoms with Crippen LogP contribution in [0.3, 0.4) is 0 Å². The molecule has 0 aliphatic heterocycles. The second-order valence-corrected chi connectivity index (χ2v) is 7.17. The average Bonchev–Trinajstić information content (AvgIpc) is 3.25. The molecule has 3 aromatic rings. The van der Waals surface area contributed by atoms with E-state index in [-0.39, 0.29) is 11.9 Å². The lowest BCUT2D eigenvalue weighted by Gasteiger charge is -2.31. The Bertz CT molecular complexity index is 907. The van der Waals surface area contributed by atoms with Crippen molar-refractivity contribution in [2.24, 2.45) is 0 Å². The molecule has 0 saturated heterocycles. The van der Waals surface area contributed by atoms with Crippen molar-refractivity contribution in [2.45, 2.75) is 26.4 Å². The van der Waals surface area contributed by atoms with Gasteiger partial charge in [-0.05, 0) is 42.4 Å². The number of likely N-dealkylation sites (N-methyl/N-ethyl adjacent to an activating group) is 1. The molecule has 6 nitrogen and oxygen atoms in total. The first-order valence-corrected chi connectivity index (χ1v) is 10.2. The van der Waals surface area contributed by atoms with Crippen LogP contribution in [0.2, 0.25) is 5.02 Å². The third kappa shape index (κ3) is 5.43. The van der Waals surface area contributed by atoms with Gasteiger partial charge in [0.15, 0.2) is 0 Å². The summed E-state index contributed by atoms with van der Waals surface area (Å²) in [6.45, 7) is 7.09. The third-order valence-corrected chi connectivity index (χ3v) is 5.34. The molecule has 3 rings (SSSR count). The standard InChI is InChI=1S/C22H26ClN5O/c1-3-27(4-2)21(19-7-5-6-8-20(19)23)13-25-22(29)18-11-9-17(10-12-18)14-28-16-24-15-26-28/h5-12,15-16,21H,3-4,13-14H2,1-2H3,(H,25,29). The molecule has 1 amide bonds. The van der Waals surface area contributed by atoms with Gasteiger partial charge >= 0.3 is 0 Å². The van der Waals surface area contributed by atoms with Gasteiger partial charge in [-0.25, -0.2) is 9.67 Å². The molecule has 29 heavy (non-hydrogen) atoms. The molecular weight excluding hydrogens is 386 g/mol. The lowest BCUT2D eigenvalue weighted by Crippen LogP contribution is -2.38. The van der Waals surface area contributed by atoms with E-state index in [9.17, 15) is 4.79 Å². The second-order valence-electron chi connectivity index (χ2n) is 6.76. The Morgan fingerprint density at radius 1 is 1.14 bits per heavy atom. The Kier molecular flexibility index (Phi) is 7.38. The summed E-state index contributed by atoms with van der Waals surface area (Å²) in [5, 5.41) is 7.89. The summed E-state index contributed by atoms with van der Waals surface area (Å²) in [4.78, 5) is 18.9. The number of aromatic nitrogens is 3. The summed E-state index contributed by atoms with van der Waals surface area (Å²) >= 11 is 6.43. The molecule has 1 unspecified atom stereocenters. The molecule has 0 aliphatic carbocycles. The van der Waals surface area contributed by atoms with Crippen molar-refractivity contribution in [3.8, 4) is 0 Å². The fourth-order valence-electron chi connectivity index (χ4n) is 3.40. The molecule has 152 valence electrons. The van der Waals surface area contributed by atoms with E-state index >= 15 is 0 Å². The number of halogens is 1. The van der Waals surface area contributed by atoms with Crippen LogP contribution >= 0.6 is 11.6 Å². The van der Waals surface area contributed by atoms with Gasteiger partial charge in [0.2, 0.25) is 0 Å². The van der Waals surface area contributed by atoms with Crippen molar-refractivity contribution in [1.29, 1.82) is 0 Å². The molecule has 2 aromatic carbocycles. The number of carbonyl (C=O) groups excluding carboxylic acids is 1. The fourth-order valence-corrected chi connectivity index (χ4v) is 3.66. The molecule has 1 aromatic heterocycles. The Labute approximate surface area is 176 Å². The third-order valence-electron chi connectivity index (χ3n) is 5.00. The summed E-state index contributed by atoms with van der Waals surface area (Å²) < 4.78 is 1.74. The van der Waals surface area contributed by atoms with Crippen LogP contribution in [0.4, 0.5) is 0 Å². The molecule has 0 radical (unpaired) electrons. The van der Waals surface area contributed by atoms with Gasteiger partial charge in [0, 0.05) is 17.1 Å². The fraction of sp³-hybridized carbons (Fsp3) is 0.318. The molecule has 0 aliphatic rings. The van der Waals surface area contributed by atoms with Gasteiger partial charge < -0.3 is 5.32 Å². The molecule has 0 spiro atoms. The Morgan fingerprint density at radius 3 is 2.48 bits per heavy atom. The lowest BCUT2D eigenvalue weighted by molar-refractivity contribution is 0.0935. The first-order valence-electron chi connectivity index (χ1n) is 9.80. The van der Waals surface area contributed by atoms with Crippen LogP contribution in [0.15, 0.2) is 61.2 Å². The monoisotopic (exact) mass is 411 g/mol. The first-order chi connectivity index (χ1) is 14.1. The molecule has 1 N–H and O–H groups in total. The zero-order valence-electron chi connectivity index (χ0n) is 16.8. The van der Waals surface area contributed by atoms with Crippen molar-refractivity contribution in [1.82, 2.24) is 25.0 Å². The first kappa shape index (κ1) is 21.0. The van der Waals surface area contributed by atoms with Crippen LogP contribution in [-0.4, -0.2) is 45.2 Å². The Balaban J connectivity index is 1.67. The van der Waals surface area contributed by atoms with E-state index in [1.54, 1.807) is 11.0 Å². The minimum atomic E-state index is -0.0958. The zero-order chi connectivity index (χ0) is 20.6. The van der Waals surface area contributed by atoms with E-state index < -0.39 is 0 Å². The maximum absolute atomic E-state index is 12.7. The predicted octanol–water partition coefficient (Wildman–Crippen LogP) is 3.79. The van der Waals surface area contributed by atoms with E-state index in [1.807, 2.05) is 48.5 Å². The summed E-state index contributed by atoms with van der Waals surface area (Å²) in [7, 11) is 0. The van der Waals surface area contributed by atoms with Crippen LogP contribution in [0, 0.1) is 0 Å². The van der Waals surface area contributed by atoms with E-state index in [0.29, 0.717) is 18.7 Å². The van der Waals surface area contributed by atoms with Crippen molar-refractivity contribution in [3.05, 3.63) is 82.9 Å². The van der Waals surface area contributed by atoms with Crippen molar-refractivity contribution in [2.75, 3.05) is 19.6 Å². The summed E-state index contributed by atoms with van der Waals surface area (Å²) in [5.74, 6) is -0.0958. The maximum Gasteiger partial charge on any atom is 0.251 e. The quantitative estimate of drug-likeness (QED) is 0.581. The molecule has 1 atom stereocenters. The van der Waals surface area contributed by atoms with Crippen LogP contribution in [0.25, 0.3) is 0 Å². The highest BCUT2D eigenvalue weighted by Gasteiger charge is 2.21. The van der Waals surface area contributed by atoms with Crippen LogP contribution in [0.1, 0.15) is 41.4 Å². The molecule has 0 fully saturated rings. The predicted molar refractivity (Wildman–Crippen MR) is 115 cm³/mol. The Morgan fingerprint density at radius 2 is 1.86 bits per heavy atom. The number of rotatable bonds is 9. The minimum absolute atomic E-state index is 0.0224. The summed E-state index contributed by atoms with van der Waals surface area (Å²) in [5.41, 5.74) is 2.72. The highest BCUT2D eigenvalue weighted by molar-refractivity contribution is 6.31. The average molecular weight is 412 g/mol. The SMILES string of the molecule is CCN(CC)C(CNC(=O)c1ccc(Cn2cncn2)cc1)c1ccccc1Cl. The van der Waals surface area contributed by atoms with Crippen LogP contribution in [0.5, 0.6) is 0 Å². The number of benzene rings is 2. The van der Waals surface area contributed by atoms with Gasteiger partial charge in [-0.3, -0.25) is 9.69 Å². The van der Waals surface area contributed by atoms with E-state index in [4.69, 9.17) is 11.6 Å². The molecule has 1 heterocycles. The topological polar surface area (TPSA) is 63.1 Å². The highest BCUT2D eigenvalue weighted by Crippen LogP contribution is 2.27.